The van der Waals surface area contributed by atoms with Crippen molar-refractivity contribution >= 4 is 23.5 Å². The third-order valence-corrected chi connectivity index (χ3v) is 3.32. The van der Waals surface area contributed by atoms with Gasteiger partial charge in [0.25, 0.3) is 5.91 Å². The third-order valence-electron chi connectivity index (χ3n) is 3.08. The maximum absolute atomic E-state index is 10.9. The van der Waals surface area contributed by atoms with Crippen molar-refractivity contribution in [1.82, 2.24) is 20.2 Å². The molecule has 1 heterocycles. The number of hydrogen-bond acceptors (Lipinski definition) is 6. The highest BCUT2D eigenvalue weighted by molar-refractivity contribution is 6.30. The summed E-state index contributed by atoms with van der Waals surface area (Å²) in [5.41, 5.74) is 5.88. The Labute approximate surface area is 138 Å². The van der Waals surface area contributed by atoms with E-state index in [0.29, 0.717) is 23.3 Å². The van der Waals surface area contributed by atoms with Gasteiger partial charge in [0.2, 0.25) is 5.95 Å². The fourth-order valence-electron chi connectivity index (χ4n) is 1.94. The second kappa shape index (κ2) is 8.33. The van der Waals surface area contributed by atoms with Gasteiger partial charge < -0.3 is 15.8 Å². The first-order chi connectivity index (χ1) is 11.1. The number of unbranched alkanes of at least 4 members (excludes halogenated alkanes) is 1. The van der Waals surface area contributed by atoms with E-state index >= 15 is 0 Å². The molecule has 2 rings (SSSR count). The number of tetrazole rings is 1. The zero-order valence-corrected chi connectivity index (χ0v) is 13.6. The van der Waals surface area contributed by atoms with Crippen LogP contribution in [0.2, 0.25) is 5.02 Å². The number of primary amides is 1. The molecule has 0 spiro atoms. The average Bonchev–Trinajstić information content (AvgIpc) is 2.97. The Bertz CT molecular complexity index is 660. The summed E-state index contributed by atoms with van der Waals surface area (Å²) in [5, 5.41) is 15.3. The Balaban J connectivity index is 2.06. The number of amides is 1. The van der Waals surface area contributed by atoms with Crippen LogP contribution in [-0.4, -0.2) is 32.7 Å². The SMILES string of the molecule is CCCCn1nnnc1NCc1cc(Cl)ccc1OCC(N)=O. The van der Waals surface area contributed by atoms with Gasteiger partial charge in [-0.3, -0.25) is 4.79 Å². The molecule has 0 unspecified atom stereocenters. The zero-order valence-electron chi connectivity index (χ0n) is 12.8. The standard InChI is InChI=1S/C14H19ClN6O2/c1-2-3-6-21-14(18-19-20-21)17-8-10-7-11(15)4-5-12(10)23-9-13(16)22/h4-5,7H,2-3,6,8-9H2,1H3,(H2,16,22)(H,17,18,20). The van der Waals surface area contributed by atoms with Crippen LogP contribution in [0.1, 0.15) is 25.3 Å². The molecule has 0 radical (unpaired) electrons. The van der Waals surface area contributed by atoms with Crippen molar-refractivity contribution in [2.24, 2.45) is 5.73 Å². The van der Waals surface area contributed by atoms with Crippen LogP contribution in [0, 0.1) is 0 Å². The molecule has 0 aliphatic heterocycles. The van der Waals surface area contributed by atoms with Crippen molar-refractivity contribution in [3.05, 3.63) is 28.8 Å². The van der Waals surface area contributed by atoms with Gasteiger partial charge in [0.05, 0.1) is 0 Å². The molecule has 3 N–H and O–H groups in total. The van der Waals surface area contributed by atoms with Crippen molar-refractivity contribution in [2.45, 2.75) is 32.9 Å². The predicted molar refractivity (Wildman–Crippen MR) is 86.2 cm³/mol. The molecule has 1 amide bonds. The van der Waals surface area contributed by atoms with Gasteiger partial charge in [0.1, 0.15) is 5.75 Å². The molecule has 124 valence electrons. The van der Waals surface area contributed by atoms with Crippen molar-refractivity contribution in [3.8, 4) is 5.75 Å². The van der Waals surface area contributed by atoms with Crippen LogP contribution in [0.25, 0.3) is 0 Å². The van der Waals surface area contributed by atoms with Crippen LogP contribution in [0.5, 0.6) is 5.75 Å². The van der Waals surface area contributed by atoms with Crippen molar-refractivity contribution in [3.63, 3.8) is 0 Å². The van der Waals surface area contributed by atoms with E-state index in [0.717, 1.165) is 24.9 Å². The normalized spacial score (nSPS) is 10.5. The molecule has 1 aromatic carbocycles. The van der Waals surface area contributed by atoms with Crippen molar-refractivity contribution in [1.29, 1.82) is 0 Å². The lowest BCUT2D eigenvalue weighted by molar-refractivity contribution is -0.119. The van der Waals surface area contributed by atoms with E-state index in [4.69, 9.17) is 22.1 Å². The number of aryl methyl sites for hydroxylation is 1. The smallest absolute Gasteiger partial charge is 0.255 e. The monoisotopic (exact) mass is 338 g/mol. The molecule has 0 bridgehead atoms. The Morgan fingerprint density at radius 1 is 1.48 bits per heavy atom. The Hall–Kier alpha value is -2.35. The molecule has 0 saturated carbocycles. The lowest BCUT2D eigenvalue weighted by Gasteiger charge is -2.12. The molecular weight excluding hydrogens is 320 g/mol. The van der Waals surface area contributed by atoms with Gasteiger partial charge in [0.15, 0.2) is 6.61 Å². The number of halogens is 1. The fraction of sp³-hybridized carbons (Fsp3) is 0.429. The predicted octanol–water partition coefficient (Wildman–Crippen LogP) is 1.60. The molecule has 2 aromatic rings. The van der Waals surface area contributed by atoms with Crippen molar-refractivity contribution in [2.75, 3.05) is 11.9 Å². The average molecular weight is 339 g/mol. The maximum Gasteiger partial charge on any atom is 0.255 e. The summed E-state index contributed by atoms with van der Waals surface area (Å²) < 4.78 is 7.09. The first-order valence-electron chi connectivity index (χ1n) is 7.29. The number of aromatic nitrogens is 4. The number of hydrogen-bond donors (Lipinski definition) is 2. The number of nitrogens with zero attached hydrogens (tertiary/aromatic N) is 4. The minimum absolute atomic E-state index is 0.192. The largest absolute Gasteiger partial charge is 0.483 e. The highest BCUT2D eigenvalue weighted by Gasteiger charge is 2.09. The summed E-state index contributed by atoms with van der Waals surface area (Å²) >= 11 is 6.02. The highest BCUT2D eigenvalue weighted by Crippen LogP contribution is 2.23. The molecule has 0 atom stereocenters. The van der Waals surface area contributed by atoms with E-state index < -0.39 is 5.91 Å². The van der Waals surface area contributed by atoms with E-state index in [1.807, 2.05) is 0 Å². The van der Waals surface area contributed by atoms with Crippen LogP contribution in [-0.2, 0) is 17.9 Å². The summed E-state index contributed by atoms with van der Waals surface area (Å²) in [6.07, 6.45) is 2.04. The number of nitrogens with two attached hydrogens (primary N) is 1. The molecule has 0 aliphatic rings. The van der Waals surface area contributed by atoms with Gasteiger partial charge in [-0.05, 0) is 35.0 Å². The molecule has 0 fully saturated rings. The number of carbonyl (C=O) groups is 1. The fourth-order valence-corrected chi connectivity index (χ4v) is 2.13. The van der Waals surface area contributed by atoms with Crippen LogP contribution in [0.15, 0.2) is 18.2 Å². The second-order valence-electron chi connectivity index (χ2n) is 4.94. The summed E-state index contributed by atoms with van der Waals surface area (Å²) in [6, 6.07) is 5.14. The van der Waals surface area contributed by atoms with Gasteiger partial charge in [-0.1, -0.05) is 30.0 Å². The first-order valence-corrected chi connectivity index (χ1v) is 7.67. The first kappa shape index (κ1) is 17.0. The molecule has 1 aromatic heterocycles. The summed E-state index contributed by atoms with van der Waals surface area (Å²) in [7, 11) is 0. The molecule has 0 aliphatic carbocycles. The Kier molecular flexibility index (Phi) is 6.16. The number of carbonyl (C=O) groups excluding carboxylic acids is 1. The molecule has 8 nitrogen and oxygen atoms in total. The number of nitrogens with one attached hydrogen (secondary N) is 1. The second-order valence-corrected chi connectivity index (χ2v) is 5.38. The van der Waals surface area contributed by atoms with E-state index in [-0.39, 0.29) is 6.61 Å². The van der Waals surface area contributed by atoms with Gasteiger partial charge in [-0.2, -0.15) is 0 Å². The highest BCUT2D eigenvalue weighted by atomic mass is 35.5. The lowest BCUT2D eigenvalue weighted by Crippen LogP contribution is -2.20. The Morgan fingerprint density at radius 3 is 3.04 bits per heavy atom. The van der Waals surface area contributed by atoms with Crippen molar-refractivity contribution < 1.29 is 9.53 Å². The summed E-state index contributed by atoms with van der Waals surface area (Å²) in [6.45, 7) is 3.06. The van der Waals surface area contributed by atoms with E-state index in [1.165, 1.54) is 0 Å². The van der Waals surface area contributed by atoms with Gasteiger partial charge in [-0.25, -0.2) is 4.68 Å². The van der Waals surface area contributed by atoms with E-state index in [9.17, 15) is 4.79 Å². The topological polar surface area (TPSA) is 108 Å². The molecule has 9 heteroatoms. The summed E-state index contributed by atoms with van der Waals surface area (Å²) in [5.74, 6) is 0.565. The van der Waals surface area contributed by atoms with Crippen LogP contribution < -0.4 is 15.8 Å². The van der Waals surface area contributed by atoms with E-state index in [2.05, 4.69) is 27.8 Å². The zero-order chi connectivity index (χ0) is 16.7. The minimum atomic E-state index is -0.539. The minimum Gasteiger partial charge on any atom is -0.483 e. The van der Waals surface area contributed by atoms with E-state index in [1.54, 1.807) is 22.9 Å². The van der Waals surface area contributed by atoms with Gasteiger partial charge in [0, 0.05) is 23.7 Å². The number of anilines is 1. The molecule has 0 saturated heterocycles. The van der Waals surface area contributed by atoms with Gasteiger partial charge >= 0.3 is 0 Å². The molecular formula is C14H19ClN6O2. The number of ether oxygens (including phenoxy) is 1. The third kappa shape index (κ3) is 5.10. The van der Waals surface area contributed by atoms with Crippen LogP contribution >= 0.6 is 11.6 Å². The van der Waals surface area contributed by atoms with Crippen LogP contribution in [0.4, 0.5) is 5.95 Å². The lowest BCUT2D eigenvalue weighted by atomic mass is 10.2. The molecule has 23 heavy (non-hydrogen) atoms. The number of rotatable bonds is 9. The Morgan fingerprint density at radius 2 is 2.30 bits per heavy atom. The summed E-state index contributed by atoms with van der Waals surface area (Å²) in [4.78, 5) is 10.9. The van der Waals surface area contributed by atoms with Crippen LogP contribution in [0.3, 0.4) is 0 Å². The number of benzene rings is 1. The quantitative estimate of drug-likeness (QED) is 0.719. The maximum atomic E-state index is 10.9. The van der Waals surface area contributed by atoms with Gasteiger partial charge in [-0.15, -0.1) is 0 Å².